The van der Waals surface area contributed by atoms with Crippen LogP contribution in [0.4, 0.5) is 14.5 Å². The smallest absolute Gasteiger partial charge is 0.153 e. The van der Waals surface area contributed by atoms with Crippen LogP contribution in [0.1, 0.15) is 13.3 Å². The zero-order chi connectivity index (χ0) is 12.6. The molecule has 5 heteroatoms. The summed E-state index contributed by atoms with van der Waals surface area (Å²) >= 11 is 0. The van der Waals surface area contributed by atoms with Gasteiger partial charge in [0, 0.05) is 32.2 Å². The van der Waals surface area contributed by atoms with Crippen LogP contribution in [0, 0.1) is 11.6 Å². The van der Waals surface area contributed by atoms with Gasteiger partial charge in [-0.2, -0.15) is 0 Å². The second-order valence-electron chi connectivity index (χ2n) is 4.25. The SMILES string of the molecule is CC1C(CCO)Oc2cc(F)cc(F)c2N1C. The molecule has 2 atom stereocenters. The third-order valence-electron chi connectivity index (χ3n) is 3.19. The fourth-order valence-corrected chi connectivity index (χ4v) is 2.12. The fraction of sp³-hybridized carbons (Fsp3) is 0.500. The summed E-state index contributed by atoms with van der Waals surface area (Å²) in [6.45, 7) is 1.86. The molecule has 0 fully saturated rings. The van der Waals surface area contributed by atoms with Crippen molar-refractivity contribution in [3.05, 3.63) is 23.8 Å². The van der Waals surface area contributed by atoms with Gasteiger partial charge in [-0.15, -0.1) is 0 Å². The number of nitrogens with zero attached hydrogens (tertiary/aromatic N) is 1. The summed E-state index contributed by atoms with van der Waals surface area (Å²) in [6, 6.07) is 1.94. The highest BCUT2D eigenvalue weighted by molar-refractivity contribution is 5.61. The van der Waals surface area contributed by atoms with E-state index in [9.17, 15) is 8.78 Å². The van der Waals surface area contributed by atoms with Gasteiger partial charge in [0.15, 0.2) is 5.82 Å². The summed E-state index contributed by atoms with van der Waals surface area (Å²) in [4.78, 5) is 1.72. The molecule has 0 spiro atoms. The van der Waals surface area contributed by atoms with E-state index in [0.29, 0.717) is 6.42 Å². The number of hydrogen-bond donors (Lipinski definition) is 1. The van der Waals surface area contributed by atoms with Crippen molar-refractivity contribution in [2.75, 3.05) is 18.6 Å². The molecule has 1 heterocycles. The maximum Gasteiger partial charge on any atom is 0.153 e. The number of halogens is 2. The molecule has 1 aromatic rings. The van der Waals surface area contributed by atoms with E-state index in [1.807, 2.05) is 6.92 Å². The van der Waals surface area contributed by atoms with Crippen molar-refractivity contribution >= 4 is 5.69 Å². The van der Waals surface area contributed by atoms with Gasteiger partial charge in [-0.3, -0.25) is 0 Å². The number of aliphatic hydroxyl groups is 1. The van der Waals surface area contributed by atoms with Gasteiger partial charge in [-0.25, -0.2) is 8.78 Å². The van der Waals surface area contributed by atoms with E-state index < -0.39 is 11.6 Å². The average Bonchev–Trinajstić information content (AvgIpc) is 2.24. The van der Waals surface area contributed by atoms with Crippen LogP contribution in [0.2, 0.25) is 0 Å². The zero-order valence-corrected chi connectivity index (χ0v) is 9.78. The van der Waals surface area contributed by atoms with Crippen LogP contribution < -0.4 is 9.64 Å². The van der Waals surface area contributed by atoms with Gasteiger partial charge in [0.1, 0.15) is 23.4 Å². The van der Waals surface area contributed by atoms with Gasteiger partial charge in [0.25, 0.3) is 0 Å². The van der Waals surface area contributed by atoms with Crippen molar-refractivity contribution in [3.8, 4) is 5.75 Å². The quantitative estimate of drug-likeness (QED) is 0.861. The minimum absolute atomic E-state index is 0.0179. The molecule has 1 N–H and O–H groups in total. The van der Waals surface area contributed by atoms with Gasteiger partial charge >= 0.3 is 0 Å². The van der Waals surface area contributed by atoms with Crippen LogP contribution >= 0.6 is 0 Å². The molecule has 0 aromatic heterocycles. The molecule has 94 valence electrons. The average molecular weight is 243 g/mol. The molecule has 0 saturated carbocycles. The predicted molar refractivity (Wildman–Crippen MR) is 60.3 cm³/mol. The van der Waals surface area contributed by atoms with Crippen LogP contribution in [-0.2, 0) is 0 Å². The largest absolute Gasteiger partial charge is 0.486 e. The molecule has 0 saturated heterocycles. The number of aliphatic hydroxyl groups excluding tert-OH is 1. The standard InChI is InChI=1S/C12H15F2NO2/c1-7-10(3-4-16)17-11-6-8(13)5-9(14)12(11)15(7)2/h5-7,10,16H,3-4H2,1-2H3. The van der Waals surface area contributed by atoms with Crippen LogP contribution in [0.3, 0.4) is 0 Å². The number of fused-ring (bicyclic) bond motifs is 1. The van der Waals surface area contributed by atoms with Crippen molar-refractivity contribution in [2.24, 2.45) is 0 Å². The highest BCUT2D eigenvalue weighted by atomic mass is 19.1. The molecule has 0 aliphatic carbocycles. The Morgan fingerprint density at radius 1 is 1.41 bits per heavy atom. The summed E-state index contributed by atoms with van der Waals surface area (Å²) in [5.74, 6) is -1.09. The van der Waals surface area contributed by atoms with Crippen LogP contribution in [-0.4, -0.2) is 30.9 Å². The normalized spacial score (nSPS) is 23.2. The Morgan fingerprint density at radius 2 is 2.12 bits per heavy atom. The maximum atomic E-state index is 13.7. The Balaban J connectivity index is 2.41. The van der Waals surface area contributed by atoms with Gasteiger partial charge in [0.2, 0.25) is 0 Å². The Hall–Kier alpha value is -1.36. The van der Waals surface area contributed by atoms with Gasteiger partial charge in [0.05, 0.1) is 6.04 Å². The Kier molecular flexibility index (Phi) is 3.19. The summed E-state index contributed by atoms with van der Waals surface area (Å²) in [5, 5.41) is 8.93. The van der Waals surface area contributed by atoms with E-state index in [1.54, 1.807) is 11.9 Å². The maximum absolute atomic E-state index is 13.7. The summed E-state index contributed by atoms with van der Waals surface area (Å²) in [5.41, 5.74) is 0.271. The molecule has 0 bridgehead atoms. The topological polar surface area (TPSA) is 32.7 Å². The molecule has 1 aliphatic rings. The van der Waals surface area contributed by atoms with Crippen molar-refractivity contribution in [1.29, 1.82) is 0 Å². The summed E-state index contributed by atoms with van der Waals surface area (Å²) < 4.78 is 32.3. The Morgan fingerprint density at radius 3 is 2.76 bits per heavy atom. The Labute approximate surface area is 98.6 Å². The summed E-state index contributed by atoms with van der Waals surface area (Å²) in [6.07, 6.45) is 0.169. The first-order chi connectivity index (χ1) is 8.04. The number of ether oxygens (including phenoxy) is 1. The zero-order valence-electron chi connectivity index (χ0n) is 9.78. The number of benzene rings is 1. The third kappa shape index (κ3) is 2.07. The van der Waals surface area contributed by atoms with E-state index in [2.05, 4.69) is 0 Å². The molecule has 1 aliphatic heterocycles. The molecule has 0 radical (unpaired) electrons. The molecule has 1 aromatic carbocycles. The lowest BCUT2D eigenvalue weighted by Crippen LogP contribution is -2.46. The lowest BCUT2D eigenvalue weighted by Gasteiger charge is -2.39. The van der Waals surface area contributed by atoms with Gasteiger partial charge in [-0.1, -0.05) is 0 Å². The van der Waals surface area contributed by atoms with Crippen LogP contribution in [0.5, 0.6) is 5.75 Å². The molecule has 2 rings (SSSR count). The van der Waals surface area contributed by atoms with Crippen molar-refractivity contribution in [2.45, 2.75) is 25.5 Å². The van der Waals surface area contributed by atoms with E-state index in [0.717, 1.165) is 6.07 Å². The highest BCUT2D eigenvalue weighted by Gasteiger charge is 2.32. The minimum atomic E-state index is -0.660. The van der Waals surface area contributed by atoms with Crippen molar-refractivity contribution in [3.63, 3.8) is 0 Å². The molecule has 2 unspecified atom stereocenters. The lowest BCUT2D eigenvalue weighted by molar-refractivity contribution is 0.122. The first kappa shape index (κ1) is 12.1. The fourth-order valence-electron chi connectivity index (χ4n) is 2.12. The molecular formula is C12H15F2NO2. The van der Waals surface area contributed by atoms with Crippen molar-refractivity contribution in [1.82, 2.24) is 0 Å². The van der Waals surface area contributed by atoms with Crippen molar-refractivity contribution < 1.29 is 18.6 Å². The molecule has 0 amide bonds. The third-order valence-corrected chi connectivity index (χ3v) is 3.19. The molecular weight excluding hydrogens is 228 g/mol. The van der Waals surface area contributed by atoms with E-state index in [-0.39, 0.29) is 30.2 Å². The van der Waals surface area contributed by atoms with Crippen LogP contribution in [0.15, 0.2) is 12.1 Å². The van der Waals surface area contributed by atoms with Gasteiger partial charge in [-0.05, 0) is 6.92 Å². The minimum Gasteiger partial charge on any atom is -0.486 e. The lowest BCUT2D eigenvalue weighted by atomic mass is 10.0. The first-order valence-electron chi connectivity index (χ1n) is 5.54. The highest BCUT2D eigenvalue weighted by Crippen LogP contribution is 2.38. The number of hydrogen-bond acceptors (Lipinski definition) is 3. The second-order valence-corrected chi connectivity index (χ2v) is 4.25. The Bertz CT molecular complexity index is 425. The second kappa shape index (κ2) is 4.49. The predicted octanol–water partition coefficient (Wildman–Crippen LogP) is 1.93. The van der Waals surface area contributed by atoms with E-state index in [1.165, 1.54) is 6.07 Å². The van der Waals surface area contributed by atoms with E-state index in [4.69, 9.17) is 9.84 Å². The number of anilines is 1. The molecule has 17 heavy (non-hydrogen) atoms. The van der Waals surface area contributed by atoms with E-state index >= 15 is 0 Å². The van der Waals surface area contributed by atoms with Gasteiger partial charge < -0.3 is 14.7 Å². The van der Waals surface area contributed by atoms with Crippen LogP contribution in [0.25, 0.3) is 0 Å². The number of rotatable bonds is 2. The number of likely N-dealkylation sites (N-methyl/N-ethyl adjacent to an activating group) is 1. The summed E-state index contributed by atoms with van der Waals surface area (Å²) in [7, 11) is 1.73. The molecule has 3 nitrogen and oxygen atoms in total. The first-order valence-corrected chi connectivity index (χ1v) is 5.54. The monoisotopic (exact) mass is 243 g/mol.